The van der Waals surface area contributed by atoms with Gasteiger partial charge in [-0.15, -0.1) is 0 Å². The maximum Gasteiger partial charge on any atom is 0.265 e. The minimum Gasteiger partial charge on any atom is -0.495 e. The molecule has 1 amide bonds. The number of carbonyl (C=O) groups excluding carboxylic acids is 1. The van der Waals surface area contributed by atoms with Crippen LogP contribution in [0.5, 0.6) is 11.5 Å². The molecule has 23 heavy (non-hydrogen) atoms. The fraction of sp³-hybridized carbons (Fsp3) is 0.278. The summed E-state index contributed by atoms with van der Waals surface area (Å²) in [5, 5.41) is 3.26. The first-order valence-electron chi connectivity index (χ1n) is 7.41. The lowest BCUT2D eigenvalue weighted by atomic mass is 10.2. The first-order valence-corrected chi connectivity index (χ1v) is 7.79. The summed E-state index contributed by atoms with van der Waals surface area (Å²) in [5.41, 5.74) is 1.74. The Labute approximate surface area is 141 Å². The first kappa shape index (κ1) is 17.2. The molecule has 0 spiro atoms. The van der Waals surface area contributed by atoms with Crippen molar-refractivity contribution in [1.82, 2.24) is 0 Å². The van der Waals surface area contributed by atoms with E-state index in [1.54, 1.807) is 25.3 Å². The third-order valence-electron chi connectivity index (χ3n) is 3.38. The van der Waals surface area contributed by atoms with E-state index in [0.29, 0.717) is 28.6 Å². The second-order valence-electron chi connectivity index (χ2n) is 5.17. The van der Waals surface area contributed by atoms with Crippen molar-refractivity contribution in [3.8, 4) is 11.5 Å². The van der Waals surface area contributed by atoms with Crippen molar-refractivity contribution in [2.45, 2.75) is 26.4 Å². The molecule has 1 N–H and O–H groups in total. The van der Waals surface area contributed by atoms with E-state index >= 15 is 0 Å². The number of hydrogen-bond acceptors (Lipinski definition) is 3. The zero-order valence-electron chi connectivity index (χ0n) is 13.4. The van der Waals surface area contributed by atoms with Crippen LogP contribution in [0.3, 0.4) is 0 Å². The number of nitrogens with one attached hydrogen (secondary N) is 1. The highest BCUT2D eigenvalue weighted by molar-refractivity contribution is 6.32. The van der Waals surface area contributed by atoms with Crippen molar-refractivity contribution >= 4 is 23.2 Å². The van der Waals surface area contributed by atoms with E-state index < -0.39 is 6.10 Å². The quantitative estimate of drug-likeness (QED) is 0.849. The number of amides is 1. The highest BCUT2D eigenvalue weighted by atomic mass is 35.5. The highest BCUT2D eigenvalue weighted by Gasteiger charge is 2.19. The molecule has 2 rings (SSSR count). The van der Waals surface area contributed by atoms with Crippen molar-refractivity contribution in [2.75, 3.05) is 12.4 Å². The van der Waals surface area contributed by atoms with Gasteiger partial charge in [-0.05, 0) is 43.7 Å². The van der Waals surface area contributed by atoms with Crippen molar-refractivity contribution in [3.05, 3.63) is 53.1 Å². The Balaban J connectivity index is 2.04. The van der Waals surface area contributed by atoms with E-state index in [1.165, 1.54) is 0 Å². The topological polar surface area (TPSA) is 47.6 Å². The SMILES string of the molecule is CC[C@H](Oc1ccc(C)cc1)C(=O)Nc1ccc(OC)c(Cl)c1. The Bertz CT molecular complexity index is 670. The van der Waals surface area contributed by atoms with Crippen LogP contribution in [-0.2, 0) is 4.79 Å². The van der Waals surface area contributed by atoms with E-state index in [0.717, 1.165) is 5.56 Å². The average Bonchev–Trinajstić information content (AvgIpc) is 2.54. The fourth-order valence-electron chi connectivity index (χ4n) is 2.07. The molecule has 4 nitrogen and oxygen atoms in total. The molecule has 0 heterocycles. The molecule has 0 aromatic heterocycles. The molecule has 0 aliphatic rings. The lowest BCUT2D eigenvalue weighted by molar-refractivity contribution is -0.122. The van der Waals surface area contributed by atoms with Gasteiger partial charge < -0.3 is 14.8 Å². The second kappa shape index (κ2) is 7.88. The lowest BCUT2D eigenvalue weighted by Gasteiger charge is -2.17. The molecule has 0 fully saturated rings. The number of aryl methyl sites for hydroxylation is 1. The monoisotopic (exact) mass is 333 g/mol. The Kier molecular flexibility index (Phi) is 5.88. The Morgan fingerprint density at radius 1 is 1.22 bits per heavy atom. The van der Waals surface area contributed by atoms with Crippen LogP contribution in [-0.4, -0.2) is 19.1 Å². The van der Waals surface area contributed by atoms with Crippen LogP contribution in [0.15, 0.2) is 42.5 Å². The van der Waals surface area contributed by atoms with Gasteiger partial charge in [0.05, 0.1) is 12.1 Å². The maximum atomic E-state index is 12.4. The summed E-state index contributed by atoms with van der Waals surface area (Å²) < 4.78 is 10.9. The molecular weight excluding hydrogens is 314 g/mol. The van der Waals surface area contributed by atoms with Gasteiger partial charge in [0.25, 0.3) is 5.91 Å². The zero-order valence-corrected chi connectivity index (χ0v) is 14.2. The van der Waals surface area contributed by atoms with Crippen LogP contribution < -0.4 is 14.8 Å². The maximum absolute atomic E-state index is 12.4. The highest BCUT2D eigenvalue weighted by Crippen LogP contribution is 2.27. The Morgan fingerprint density at radius 3 is 2.48 bits per heavy atom. The van der Waals surface area contributed by atoms with Crippen molar-refractivity contribution in [3.63, 3.8) is 0 Å². The van der Waals surface area contributed by atoms with Gasteiger partial charge in [0.15, 0.2) is 6.10 Å². The van der Waals surface area contributed by atoms with Crippen LogP contribution in [0.25, 0.3) is 0 Å². The molecule has 122 valence electrons. The fourth-order valence-corrected chi connectivity index (χ4v) is 2.33. The average molecular weight is 334 g/mol. The number of carbonyl (C=O) groups is 1. The summed E-state index contributed by atoms with van der Waals surface area (Å²) in [6.07, 6.45) is -0.0116. The molecule has 0 bridgehead atoms. The van der Waals surface area contributed by atoms with Gasteiger partial charge in [0.1, 0.15) is 11.5 Å². The number of halogens is 1. The summed E-state index contributed by atoms with van der Waals surface area (Å²) in [4.78, 5) is 12.4. The van der Waals surface area contributed by atoms with Gasteiger partial charge in [-0.25, -0.2) is 0 Å². The van der Waals surface area contributed by atoms with E-state index in [4.69, 9.17) is 21.1 Å². The predicted octanol–water partition coefficient (Wildman–Crippen LogP) is 4.45. The molecule has 0 radical (unpaired) electrons. The van der Waals surface area contributed by atoms with Gasteiger partial charge in [-0.2, -0.15) is 0 Å². The summed E-state index contributed by atoms with van der Waals surface area (Å²) in [6, 6.07) is 12.7. The van der Waals surface area contributed by atoms with Gasteiger partial charge in [0, 0.05) is 5.69 Å². The summed E-state index contributed by atoms with van der Waals surface area (Å²) >= 11 is 6.06. The van der Waals surface area contributed by atoms with Crippen molar-refractivity contribution in [2.24, 2.45) is 0 Å². The molecule has 0 aliphatic carbocycles. The van der Waals surface area contributed by atoms with E-state index in [1.807, 2.05) is 38.1 Å². The molecule has 0 saturated carbocycles. The van der Waals surface area contributed by atoms with Gasteiger partial charge >= 0.3 is 0 Å². The largest absolute Gasteiger partial charge is 0.495 e. The molecule has 0 unspecified atom stereocenters. The van der Waals surface area contributed by atoms with Gasteiger partial charge in [-0.1, -0.05) is 36.2 Å². The second-order valence-corrected chi connectivity index (χ2v) is 5.57. The van der Waals surface area contributed by atoms with Crippen LogP contribution in [0.4, 0.5) is 5.69 Å². The number of anilines is 1. The van der Waals surface area contributed by atoms with Crippen LogP contribution in [0.1, 0.15) is 18.9 Å². The normalized spacial score (nSPS) is 11.7. The van der Waals surface area contributed by atoms with Crippen molar-refractivity contribution in [1.29, 1.82) is 0 Å². The standard InChI is InChI=1S/C18H20ClNO3/c1-4-16(23-14-8-5-12(2)6-9-14)18(21)20-13-7-10-17(22-3)15(19)11-13/h5-11,16H,4H2,1-3H3,(H,20,21)/t16-/m0/s1. The van der Waals surface area contributed by atoms with Crippen molar-refractivity contribution < 1.29 is 14.3 Å². The first-order chi connectivity index (χ1) is 11.0. The predicted molar refractivity (Wildman–Crippen MR) is 92.5 cm³/mol. The van der Waals surface area contributed by atoms with Crippen LogP contribution >= 0.6 is 11.6 Å². The summed E-state index contributed by atoms with van der Waals surface area (Å²) in [5.74, 6) is 1.02. The smallest absolute Gasteiger partial charge is 0.265 e. The molecule has 0 saturated heterocycles. The van der Waals surface area contributed by atoms with Crippen LogP contribution in [0, 0.1) is 6.92 Å². The third-order valence-corrected chi connectivity index (χ3v) is 3.68. The lowest BCUT2D eigenvalue weighted by Crippen LogP contribution is -2.32. The third kappa shape index (κ3) is 4.63. The van der Waals surface area contributed by atoms with Gasteiger partial charge in [0.2, 0.25) is 0 Å². The molecule has 5 heteroatoms. The minimum absolute atomic E-state index is 0.214. The van der Waals surface area contributed by atoms with E-state index in [2.05, 4.69) is 5.32 Å². The number of ether oxygens (including phenoxy) is 2. The Morgan fingerprint density at radius 2 is 1.91 bits per heavy atom. The molecular formula is C18H20ClNO3. The zero-order chi connectivity index (χ0) is 16.8. The summed E-state index contributed by atoms with van der Waals surface area (Å²) in [7, 11) is 1.54. The number of benzene rings is 2. The molecule has 1 atom stereocenters. The summed E-state index contributed by atoms with van der Waals surface area (Å²) in [6.45, 7) is 3.90. The Hall–Kier alpha value is -2.20. The number of hydrogen-bond donors (Lipinski definition) is 1. The van der Waals surface area contributed by atoms with E-state index in [-0.39, 0.29) is 5.91 Å². The van der Waals surface area contributed by atoms with Gasteiger partial charge in [-0.3, -0.25) is 4.79 Å². The number of methoxy groups -OCH3 is 1. The molecule has 2 aromatic carbocycles. The van der Waals surface area contributed by atoms with E-state index in [9.17, 15) is 4.79 Å². The molecule has 0 aliphatic heterocycles. The minimum atomic E-state index is -0.571. The molecule has 2 aromatic rings. The number of rotatable bonds is 6. The van der Waals surface area contributed by atoms with Crippen LogP contribution in [0.2, 0.25) is 5.02 Å².